The maximum atomic E-state index is 11.2. The Labute approximate surface area is 118 Å². The minimum absolute atomic E-state index is 0.0682. The Morgan fingerprint density at radius 3 is 2.65 bits per heavy atom. The van der Waals surface area contributed by atoms with Gasteiger partial charge < -0.3 is 20.7 Å². The molecule has 1 aromatic heterocycles. The van der Waals surface area contributed by atoms with Gasteiger partial charge in [0.2, 0.25) is 17.8 Å². The number of carbonyl (C=O) groups excluding carboxylic acids is 1. The van der Waals surface area contributed by atoms with Crippen molar-refractivity contribution in [2.45, 2.75) is 26.7 Å². The molecule has 0 fully saturated rings. The molecule has 8 nitrogen and oxygen atoms in total. The van der Waals surface area contributed by atoms with Crippen LogP contribution in [0.15, 0.2) is 0 Å². The van der Waals surface area contributed by atoms with Gasteiger partial charge >= 0.3 is 6.01 Å². The second kappa shape index (κ2) is 8.13. The van der Waals surface area contributed by atoms with Gasteiger partial charge in [-0.05, 0) is 13.3 Å². The molecule has 0 saturated heterocycles. The van der Waals surface area contributed by atoms with Crippen molar-refractivity contribution >= 4 is 17.8 Å². The van der Waals surface area contributed by atoms with Crippen LogP contribution in [0.3, 0.4) is 0 Å². The largest absolute Gasteiger partial charge is 0.464 e. The molecule has 0 radical (unpaired) electrons. The van der Waals surface area contributed by atoms with Gasteiger partial charge in [0.15, 0.2) is 0 Å². The molecular formula is C12H22N6O2. The first kappa shape index (κ1) is 15.9. The molecule has 1 aromatic rings. The van der Waals surface area contributed by atoms with E-state index in [-0.39, 0.29) is 12.6 Å². The van der Waals surface area contributed by atoms with E-state index in [1.54, 1.807) is 11.9 Å². The third-order valence-corrected chi connectivity index (χ3v) is 2.51. The second-order valence-corrected chi connectivity index (χ2v) is 4.17. The zero-order valence-corrected chi connectivity index (χ0v) is 12.2. The van der Waals surface area contributed by atoms with Gasteiger partial charge in [-0.25, -0.2) is 0 Å². The summed E-state index contributed by atoms with van der Waals surface area (Å²) in [6.07, 6.45) is 1.91. The molecule has 20 heavy (non-hydrogen) atoms. The minimum atomic E-state index is -0.425. The molecule has 0 aliphatic rings. The molecule has 1 amide bonds. The number of nitrogens with one attached hydrogen (secondary N) is 1. The second-order valence-electron chi connectivity index (χ2n) is 4.17. The molecule has 0 saturated carbocycles. The predicted molar refractivity (Wildman–Crippen MR) is 76.9 cm³/mol. The van der Waals surface area contributed by atoms with Crippen LogP contribution in [-0.4, -0.2) is 47.6 Å². The molecule has 1 rings (SSSR count). The van der Waals surface area contributed by atoms with Gasteiger partial charge in [-0.1, -0.05) is 13.3 Å². The normalized spacial score (nSPS) is 10.2. The van der Waals surface area contributed by atoms with Crippen LogP contribution < -0.4 is 20.7 Å². The third-order valence-electron chi connectivity index (χ3n) is 2.51. The highest BCUT2D eigenvalue weighted by Crippen LogP contribution is 2.15. The van der Waals surface area contributed by atoms with Crippen molar-refractivity contribution in [1.29, 1.82) is 0 Å². The Balaban J connectivity index is 3.02. The first-order valence-electron chi connectivity index (χ1n) is 6.70. The van der Waals surface area contributed by atoms with Crippen molar-refractivity contribution in [3.8, 4) is 6.01 Å². The number of unbranched alkanes of at least 4 members (excludes halogenated alkanes) is 1. The van der Waals surface area contributed by atoms with Crippen molar-refractivity contribution in [2.24, 2.45) is 5.73 Å². The molecule has 1 heterocycles. The Kier molecular flexibility index (Phi) is 6.48. The van der Waals surface area contributed by atoms with E-state index in [0.717, 1.165) is 12.8 Å². The van der Waals surface area contributed by atoms with E-state index in [0.29, 0.717) is 25.0 Å². The van der Waals surface area contributed by atoms with E-state index in [1.807, 2.05) is 6.92 Å². The maximum Gasteiger partial charge on any atom is 0.323 e. The summed E-state index contributed by atoms with van der Waals surface area (Å²) in [6.45, 7) is 5.09. The Morgan fingerprint density at radius 1 is 1.35 bits per heavy atom. The van der Waals surface area contributed by atoms with Gasteiger partial charge in [0.25, 0.3) is 0 Å². The third kappa shape index (κ3) is 4.87. The average molecular weight is 282 g/mol. The number of hydrogen-bond donors (Lipinski definition) is 2. The van der Waals surface area contributed by atoms with Crippen LogP contribution in [0.5, 0.6) is 6.01 Å². The summed E-state index contributed by atoms with van der Waals surface area (Å²) in [4.78, 5) is 25.4. The van der Waals surface area contributed by atoms with Gasteiger partial charge in [-0.15, -0.1) is 0 Å². The molecule has 0 aromatic carbocycles. The Morgan fingerprint density at radius 2 is 2.10 bits per heavy atom. The molecule has 0 atom stereocenters. The number of aromatic nitrogens is 3. The van der Waals surface area contributed by atoms with Crippen LogP contribution in [0, 0.1) is 0 Å². The number of primary amides is 1. The number of amides is 1. The topological polar surface area (TPSA) is 106 Å². The SMILES string of the molecule is CCCCN(CC(N)=O)c1nc(NC)nc(OCC)n1. The van der Waals surface area contributed by atoms with Crippen molar-refractivity contribution in [3.05, 3.63) is 0 Å². The van der Waals surface area contributed by atoms with E-state index in [2.05, 4.69) is 27.2 Å². The van der Waals surface area contributed by atoms with Crippen LogP contribution in [0.25, 0.3) is 0 Å². The van der Waals surface area contributed by atoms with Crippen LogP contribution >= 0.6 is 0 Å². The molecule has 3 N–H and O–H groups in total. The lowest BCUT2D eigenvalue weighted by Gasteiger charge is -2.21. The van der Waals surface area contributed by atoms with Gasteiger partial charge in [-0.3, -0.25) is 4.79 Å². The molecular weight excluding hydrogens is 260 g/mol. The molecule has 0 unspecified atom stereocenters. The number of anilines is 2. The van der Waals surface area contributed by atoms with E-state index in [1.165, 1.54) is 0 Å². The standard InChI is InChI=1S/C12H22N6O2/c1-4-6-7-18(8-9(13)19)11-15-10(14-3)16-12(17-11)20-5-2/h4-8H2,1-3H3,(H2,13,19)(H,14,15,16,17). The summed E-state index contributed by atoms with van der Waals surface area (Å²) >= 11 is 0. The van der Waals surface area contributed by atoms with Gasteiger partial charge in [0.05, 0.1) is 13.2 Å². The van der Waals surface area contributed by atoms with Crippen molar-refractivity contribution in [2.75, 3.05) is 37.0 Å². The number of hydrogen-bond acceptors (Lipinski definition) is 7. The summed E-state index contributed by atoms with van der Waals surface area (Å²) in [5.41, 5.74) is 5.27. The fourth-order valence-corrected chi connectivity index (χ4v) is 1.58. The number of rotatable bonds is 9. The average Bonchev–Trinajstić information content (AvgIpc) is 2.43. The zero-order chi connectivity index (χ0) is 15.0. The van der Waals surface area contributed by atoms with Gasteiger partial charge in [-0.2, -0.15) is 15.0 Å². The highest BCUT2D eigenvalue weighted by atomic mass is 16.5. The van der Waals surface area contributed by atoms with Crippen molar-refractivity contribution in [3.63, 3.8) is 0 Å². The summed E-state index contributed by atoms with van der Waals surface area (Å²) in [5.74, 6) is 0.356. The van der Waals surface area contributed by atoms with Gasteiger partial charge in [0, 0.05) is 13.6 Å². The molecule has 0 aliphatic heterocycles. The highest BCUT2D eigenvalue weighted by Gasteiger charge is 2.15. The van der Waals surface area contributed by atoms with E-state index in [4.69, 9.17) is 10.5 Å². The predicted octanol–water partition coefficient (Wildman–Crippen LogP) is 0.404. The molecule has 112 valence electrons. The maximum absolute atomic E-state index is 11.2. The lowest BCUT2D eigenvalue weighted by Crippen LogP contribution is -2.36. The quantitative estimate of drug-likeness (QED) is 0.675. The zero-order valence-electron chi connectivity index (χ0n) is 12.2. The first-order chi connectivity index (χ1) is 9.60. The number of nitrogens with two attached hydrogens (primary N) is 1. The summed E-state index contributed by atoms with van der Waals surface area (Å²) in [6, 6.07) is 0.229. The lowest BCUT2D eigenvalue weighted by molar-refractivity contribution is -0.116. The Hall–Kier alpha value is -2.12. The van der Waals surface area contributed by atoms with Crippen molar-refractivity contribution in [1.82, 2.24) is 15.0 Å². The van der Waals surface area contributed by atoms with Crippen LogP contribution in [-0.2, 0) is 4.79 Å². The van der Waals surface area contributed by atoms with E-state index >= 15 is 0 Å². The van der Waals surface area contributed by atoms with E-state index < -0.39 is 5.91 Å². The summed E-state index contributed by atoms with van der Waals surface area (Å²) < 4.78 is 5.30. The number of carbonyl (C=O) groups is 1. The van der Waals surface area contributed by atoms with Crippen molar-refractivity contribution < 1.29 is 9.53 Å². The monoisotopic (exact) mass is 282 g/mol. The minimum Gasteiger partial charge on any atom is -0.464 e. The van der Waals surface area contributed by atoms with Gasteiger partial charge in [0.1, 0.15) is 0 Å². The Bertz CT molecular complexity index is 440. The van der Waals surface area contributed by atoms with Crippen LogP contribution in [0.1, 0.15) is 26.7 Å². The lowest BCUT2D eigenvalue weighted by atomic mass is 10.3. The van der Waals surface area contributed by atoms with E-state index in [9.17, 15) is 4.79 Å². The fourth-order valence-electron chi connectivity index (χ4n) is 1.58. The molecule has 8 heteroatoms. The van der Waals surface area contributed by atoms with Crippen LogP contribution in [0.2, 0.25) is 0 Å². The first-order valence-corrected chi connectivity index (χ1v) is 6.70. The number of ether oxygens (including phenoxy) is 1. The molecule has 0 aliphatic carbocycles. The smallest absolute Gasteiger partial charge is 0.323 e. The molecule has 0 bridgehead atoms. The van der Waals surface area contributed by atoms with Crippen LogP contribution in [0.4, 0.5) is 11.9 Å². The summed E-state index contributed by atoms with van der Waals surface area (Å²) in [7, 11) is 1.71. The molecule has 0 spiro atoms. The fraction of sp³-hybridized carbons (Fsp3) is 0.667. The highest BCUT2D eigenvalue weighted by molar-refractivity contribution is 5.78. The number of nitrogens with zero attached hydrogens (tertiary/aromatic N) is 4. The summed E-state index contributed by atoms with van der Waals surface area (Å²) in [5, 5.41) is 2.85.